The Bertz CT molecular complexity index is 536. The molecule has 0 heterocycles. The number of primary amides is 1. The molecule has 0 aliphatic carbocycles. The van der Waals surface area contributed by atoms with E-state index in [1.165, 1.54) is 0 Å². The third-order valence-electron chi connectivity index (χ3n) is 1.66. The summed E-state index contributed by atoms with van der Waals surface area (Å²) in [5.41, 5.74) is 4.71. The SMILES string of the molecule is NC(=O)COc1c(F)cc(S(N)(=O)=O)cc1F. The Morgan fingerprint density at radius 1 is 1.29 bits per heavy atom. The summed E-state index contributed by atoms with van der Waals surface area (Å²) in [7, 11) is -4.22. The highest BCUT2D eigenvalue weighted by atomic mass is 32.2. The van der Waals surface area contributed by atoms with Gasteiger partial charge in [0.2, 0.25) is 10.0 Å². The molecule has 94 valence electrons. The third-order valence-corrected chi connectivity index (χ3v) is 2.55. The van der Waals surface area contributed by atoms with Crippen molar-refractivity contribution < 1.29 is 26.7 Å². The number of sulfonamides is 1. The number of primary sulfonamides is 1. The van der Waals surface area contributed by atoms with Crippen molar-refractivity contribution in [2.24, 2.45) is 10.9 Å². The van der Waals surface area contributed by atoms with Crippen molar-refractivity contribution in [3.05, 3.63) is 23.8 Å². The zero-order chi connectivity index (χ0) is 13.2. The highest BCUT2D eigenvalue weighted by Crippen LogP contribution is 2.24. The minimum absolute atomic E-state index is 0.481. The van der Waals surface area contributed by atoms with Gasteiger partial charge in [-0.2, -0.15) is 0 Å². The summed E-state index contributed by atoms with van der Waals surface area (Å²) < 4.78 is 52.6. The minimum atomic E-state index is -4.22. The monoisotopic (exact) mass is 266 g/mol. The zero-order valence-electron chi connectivity index (χ0n) is 8.31. The van der Waals surface area contributed by atoms with Crippen LogP contribution in [0.4, 0.5) is 8.78 Å². The summed E-state index contributed by atoms with van der Waals surface area (Å²) in [5, 5.41) is 4.69. The fourth-order valence-electron chi connectivity index (χ4n) is 0.982. The van der Waals surface area contributed by atoms with Crippen LogP contribution < -0.4 is 15.6 Å². The summed E-state index contributed by atoms with van der Waals surface area (Å²) in [5.74, 6) is -4.42. The molecule has 4 N–H and O–H groups in total. The second-order valence-electron chi connectivity index (χ2n) is 3.02. The van der Waals surface area contributed by atoms with Gasteiger partial charge >= 0.3 is 0 Å². The van der Waals surface area contributed by atoms with E-state index in [-0.39, 0.29) is 0 Å². The number of hydrogen-bond donors (Lipinski definition) is 2. The predicted molar refractivity (Wildman–Crippen MR) is 52.4 cm³/mol. The standard InChI is InChI=1S/C8H8F2N2O4S/c9-5-1-4(17(12,14)15)2-6(10)8(5)16-3-7(11)13/h1-2H,3H2,(H2,11,13)(H2,12,14,15). The summed E-state index contributed by atoms with van der Waals surface area (Å²) in [4.78, 5) is 9.62. The normalized spacial score (nSPS) is 11.2. The Morgan fingerprint density at radius 2 is 1.76 bits per heavy atom. The molecule has 0 saturated carbocycles. The molecular weight excluding hydrogens is 258 g/mol. The van der Waals surface area contributed by atoms with Gasteiger partial charge in [-0.25, -0.2) is 22.3 Å². The molecule has 1 amide bonds. The first-order valence-electron chi connectivity index (χ1n) is 4.14. The maximum atomic E-state index is 13.3. The molecule has 1 rings (SSSR count). The Balaban J connectivity index is 3.15. The molecule has 0 aliphatic rings. The number of benzene rings is 1. The van der Waals surface area contributed by atoms with Crippen molar-refractivity contribution in [2.45, 2.75) is 4.90 Å². The molecular formula is C8H8F2N2O4S. The molecule has 0 atom stereocenters. The van der Waals surface area contributed by atoms with Gasteiger partial charge in [0.15, 0.2) is 24.0 Å². The maximum absolute atomic E-state index is 13.3. The second kappa shape index (κ2) is 4.63. The second-order valence-corrected chi connectivity index (χ2v) is 4.58. The zero-order valence-corrected chi connectivity index (χ0v) is 9.13. The van der Waals surface area contributed by atoms with Crippen LogP contribution in [0.25, 0.3) is 0 Å². The van der Waals surface area contributed by atoms with E-state index in [2.05, 4.69) is 4.74 Å². The van der Waals surface area contributed by atoms with Crippen molar-refractivity contribution in [3.8, 4) is 5.75 Å². The highest BCUT2D eigenvalue weighted by Gasteiger charge is 2.18. The van der Waals surface area contributed by atoms with Gasteiger partial charge in [-0.3, -0.25) is 4.79 Å². The van der Waals surface area contributed by atoms with E-state index >= 15 is 0 Å². The van der Waals surface area contributed by atoms with Gasteiger partial charge < -0.3 is 10.5 Å². The van der Waals surface area contributed by atoms with Gasteiger partial charge in [0.25, 0.3) is 5.91 Å². The summed E-state index contributed by atoms with van der Waals surface area (Å²) in [6.45, 7) is -0.734. The Morgan fingerprint density at radius 3 is 2.12 bits per heavy atom. The van der Waals surface area contributed by atoms with E-state index in [1.54, 1.807) is 0 Å². The number of hydrogen-bond acceptors (Lipinski definition) is 4. The van der Waals surface area contributed by atoms with Gasteiger partial charge in [0.05, 0.1) is 4.90 Å². The number of ether oxygens (including phenoxy) is 1. The van der Waals surface area contributed by atoms with Gasteiger partial charge in [-0.1, -0.05) is 0 Å². The molecule has 1 aromatic carbocycles. The van der Waals surface area contributed by atoms with Crippen molar-refractivity contribution in [3.63, 3.8) is 0 Å². The number of rotatable bonds is 4. The van der Waals surface area contributed by atoms with Crippen molar-refractivity contribution in [1.29, 1.82) is 0 Å². The molecule has 0 radical (unpaired) electrons. The maximum Gasteiger partial charge on any atom is 0.255 e. The number of amides is 1. The molecule has 0 aliphatic heterocycles. The van der Waals surface area contributed by atoms with Crippen molar-refractivity contribution in [1.82, 2.24) is 0 Å². The molecule has 17 heavy (non-hydrogen) atoms. The molecule has 0 spiro atoms. The molecule has 9 heteroatoms. The van der Waals surface area contributed by atoms with E-state index in [1.807, 2.05) is 0 Å². The lowest BCUT2D eigenvalue weighted by atomic mass is 10.3. The van der Waals surface area contributed by atoms with Gasteiger partial charge in [0, 0.05) is 0 Å². The summed E-state index contributed by atoms with van der Waals surface area (Å²) >= 11 is 0. The van der Waals surface area contributed by atoms with Crippen LogP contribution in [0.5, 0.6) is 5.75 Å². The van der Waals surface area contributed by atoms with Crippen molar-refractivity contribution >= 4 is 15.9 Å². The number of halogens is 2. The van der Waals surface area contributed by atoms with Crippen LogP contribution >= 0.6 is 0 Å². The molecule has 0 unspecified atom stereocenters. The average molecular weight is 266 g/mol. The quantitative estimate of drug-likeness (QED) is 0.763. The molecule has 6 nitrogen and oxygen atoms in total. The lowest BCUT2D eigenvalue weighted by molar-refractivity contribution is -0.120. The lowest BCUT2D eigenvalue weighted by Gasteiger charge is -2.07. The van der Waals surface area contributed by atoms with E-state index in [0.29, 0.717) is 12.1 Å². The fourth-order valence-corrected chi connectivity index (χ4v) is 1.52. The molecule has 1 aromatic rings. The Hall–Kier alpha value is -1.74. The number of carbonyl (C=O) groups is 1. The van der Waals surface area contributed by atoms with E-state index in [4.69, 9.17) is 10.9 Å². The van der Waals surface area contributed by atoms with E-state index < -0.39 is 44.8 Å². The largest absolute Gasteiger partial charge is 0.478 e. The topological polar surface area (TPSA) is 112 Å². The molecule has 0 bridgehead atoms. The lowest BCUT2D eigenvalue weighted by Crippen LogP contribution is -2.21. The van der Waals surface area contributed by atoms with Gasteiger partial charge in [-0.15, -0.1) is 0 Å². The first kappa shape index (κ1) is 13.3. The van der Waals surface area contributed by atoms with Crippen LogP contribution in [0.15, 0.2) is 17.0 Å². The molecule has 0 fully saturated rings. The van der Waals surface area contributed by atoms with Crippen LogP contribution in [-0.2, 0) is 14.8 Å². The first-order valence-corrected chi connectivity index (χ1v) is 5.69. The van der Waals surface area contributed by atoms with E-state index in [0.717, 1.165) is 0 Å². The van der Waals surface area contributed by atoms with Crippen LogP contribution in [0.2, 0.25) is 0 Å². The first-order chi connectivity index (χ1) is 7.71. The summed E-state index contributed by atoms with van der Waals surface area (Å²) in [6.07, 6.45) is 0. The van der Waals surface area contributed by atoms with Crippen LogP contribution in [-0.4, -0.2) is 20.9 Å². The van der Waals surface area contributed by atoms with Crippen molar-refractivity contribution in [2.75, 3.05) is 6.61 Å². The number of nitrogens with two attached hydrogens (primary N) is 2. The van der Waals surface area contributed by atoms with Crippen LogP contribution in [0.3, 0.4) is 0 Å². The summed E-state index contributed by atoms with van der Waals surface area (Å²) in [6, 6.07) is 0.962. The van der Waals surface area contributed by atoms with Crippen LogP contribution in [0.1, 0.15) is 0 Å². The smallest absolute Gasteiger partial charge is 0.255 e. The Kier molecular flexibility index (Phi) is 3.63. The molecule has 0 aromatic heterocycles. The van der Waals surface area contributed by atoms with E-state index in [9.17, 15) is 22.0 Å². The van der Waals surface area contributed by atoms with Gasteiger partial charge in [-0.05, 0) is 12.1 Å². The van der Waals surface area contributed by atoms with Gasteiger partial charge in [0.1, 0.15) is 0 Å². The Labute approximate surface area is 95.2 Å². The third kappa shape index (κ3) is 3.36. The van der Waals surface area contributed by atoms with Crippen LogP contribution in [0, 0.1) is 11.6 Å². The minimum Gasteiger partial charge on any atom is -0.478 e. The number of carbonyl (C=O) groups excluding carboxylic acids is 1. The highest BCUT2D eigenvalue weighted by molar-refractivity contribution is 7.89. The predicted octanol–water partition coefficient (Wildman–Crippen LogP) is -0.524. The fraction of sp³-hybridized carbons (Fsp3) is 0.125. The average Bonchev–Trinajstić information content (AvgIpc) is 2.14. The molecule has 0 saturated heterocycles.